The zero-order chi connectivity index (χ0) is 37.8. The molecule has 0 fully saturated rings. The summed E-state index contributed by atoms with van der Waals surface area (Å²) in [6, 6.07) is 27.6. The molecular weight excluding hydrogens is 769 g/mol. The average Bonchev–Trinajstić information content (AvgIpc) is 3.70. The van der Waals surface area contributed by atoms with E-state index in [0.29, 0.717) is 55.2 Å². The highest BCUT2D eigenvalue weighted by Gasteiger charge is 2.40. The lowest BCUT2D eigenvalue weighted by Gasteiger charge is -2.12. The summed E-state index contributed by atoms with van der Waals surface area (Å²) in [5.41, 5.74) is 1.38. The third-order valence-electron chi connectivity index (χ3n) is 7.08. The van der Waals surface area contributed by atoms with Gasteiger partial charge in [-0.3, -0.25) is 9.59 Å². The summed E-state index contributed by atoms with van der Waals surface area (Å²) in [7, 11) is 0. The number of nitrogens with one attached hydrogen (secondary N) is 2. The van der Waals surface area contributed by atoms with Gasteiger partial charge in [-0.25, -0.2) is 9.97 Å². The summed E-state index contributed by atoms with van der Waals surface area (Å²) < 4.78 is 78.6. The molecule has 0 aliphatic rings. The number of aryl methyl sites for hydroxylation is 2. The van der Waals surface area contributed by atoms with Gasteiger partial charge in [0.2, 0.25) is 0 Å². The van der Waals surface area contributed by atoms with Crippen molar-refractivity contribution in [2.24, 2.45) is 0 Å². The normalized spacial score (nSPS) is 11.4. The number of amides is 2. The van der Waals surface area contributed by atoms with Crippen LogP contribution in [-0.4, -0.2) is 21.8 Å². The molecule has 0 unspecified atom stereocenters. The van der Waals surface area contributed by atoms with Crippen molar-refractivity contribution in [3.05, 3.63) is 138 Å². The van der Waals surface area contributed by atoms with Crippen LogP contribution in [0.2, 0.25) is 10.0 Å². The molecule has 2 heterocycles. The molecule has 0 saturated heterocycles. The highest BCUT2D eigenvalue weighted by molar-refractivity contribution is 7.14. The van der Waals surface area contributed by atoms with Crippen LogP contribution < -0.4 is 10.6 Å². The fraction of sp³-hybridized carbons (Fsp3) is 0.111. The number of benzene rings is 4. The minimum atomic E-state index is -4.69. The Morgan fingerprint density at radius 1 is 0.558 bits per heavy atom. The number of carbonyl (C=O) groups excluding carboxylic acids is 2. The number of halogens is 8. The van der Waals surface area contributed by atoms with Crippen molar-refractivity contribution >= 4 is 69.1 Å². The Hall–Kier alpha value is -4.76. The van der Waals surface area contributed by atoms with Gasteiger partial charge in [0.25, 0.3) is 11.8 Å². The maximum atomic E-state index is 13.1. The zero-order valence-electron chi connectivity index (χ0n) is 26.8. The number of aromatic nitrogens is 2. The molecule has 0 aliphatic carbocycles. The van der Waals surface area contributed by atoms with Gasteiger partial charge in [0.15, 0.2) is 11.4 Å². The van der Waals surface area contributed by atoms with E-state index in [1.54, 1.807) is 97.1 Å². The van der Waals surface area contributed by atoms with Crippen LogP contribution in [0, 0.1) is 13.8 Å². The molecular formula is C36H24Cl2F6N4O2S2. The molecule has 0 saturated carbocycles. The van der Waals surface area contributed by atoms with Crippen LogP contribution in [-0.2, 0) is 12.4 Å². The first-order chi connectivity index (χ1) is 24.5. The predicted molar refractivity (Wildman–Crippen MR) is 193 cm³/mol. The monoisotopic (exact) mass is 792 g/mol. The fourth-order valence-electron chi connectivity index (χ4n) is 4.85. The van der Waals surface area contributed by atoms with Crippen LogP contribution in [0.15, 0.2) is 97.1 Å². The molecule has 4 aromatic carbocycles. The van der Waals surface area contributed by atoms with E-state index in [9.17, 15) is 35.9 Å². The summed E-state index contributed by atoms with van der Waals surface area (Å²) in [5.74, 6) is -1.69. The molecule has 52 heavy (non-hydrogen) atoms. The number of anilines is 2. The number of hydrogen-bond donors (Lipinski definition) is 2. The van der Waals surface area contributed by atoms with Crippen LogP contribution in [0.4, 0.5) is 37.7 Å². The van der Waals surface area contributed by atoms with Crippen molar-refractivity contribution in [1.82, 2.24) is 9.97 Å². The molecule has 268 valence electrons. The van der Waals surface area contributed by atoms with Gasteiger partial charge in [0, 0.05) is 32.5 Å². The first kappa shape index (κ1) is 38.5. The molecule has 2 aromatic heterocycles. The Balaban J connectivity index is 0.000000201. The van der Waals surface area contributed by atoms with Crippen molar-refractivity contribution in [3.63, 3.8) is 0 Å². The second kappa shape index (κ2) is 15.9. The largest absolute Gasteiger partial charge is 0.435 e. The number of rotatable bonds is 6. The Labute approximate surface area is 311 Å². The van der Waals surface area contributed by atoms with E-state index in [2.05, 4.69) is 20.6 Å². The molecule has 2 amide bonds. The van der Waals surface area contributed by atoms with Crippen LogP contribution in [0.5, 0.6) is 0 Å². The van der Waals surface area contributed by atoms with Crippen LogP contribution in [0.3, 0.4) is 0 Å². The van der Waals surface area contributed by atoms with E-state index in [4.69, 9.17) is 23.2 Å². The Bertz CT molecular complexity index is 2060. The van der Waals surface area contributed by atoms with Gasteiger partial charge in [-0.05, 0) is 61.4 Å². The van der Waals surface area contributed by atoms with Crippen LogP contribution >= 0.6 is 45.9 Å². The number of hydrogen-bond acceptors (Lipinski definition) is 6. The standard InChI is InChI=1S/2C18H12ClF3N2OS/c2*1-10-23-16(18(20,21)22)15(26-10)17(25)24-14-5-3-2-4-13(14)11-6-8-12(19)9-7-11/h2*2-9H,1H3,(H,24,25). The summed E-state index contributed by atoms with van der Waals surface area (Å²) in [6.45, 7) is 2.86. The van der Waals surface area contributed by atoms with Gasteiger partial charge in [0.05, 0.1) is 10.0 Å². The summed E-state index contributed by atoms with van der Waals surface area (Å²) in [6.07, 6.45) is -9.37. The van der Waals surface area contributed by atoms with E-state index in [-0.39, 0.29) is 10.0 Å². The maximum absolute atomic E-state index is 13.1. The molecule has 6 nitrogen and oxygen atoms in total. The van der Waals surface area contributed by atoms with Gasteiger partial charge >= 0.3 is 12.4 Å². The third kappa shape index (κ3) is 9.36. The van der Waals surface area contributed by atoms with Crippen molar-refractivity contribution in [2.75, 3.05) is 10.6 Å². The molecule has 16 heteroatoms. The zero-order valence-corrected chi connectivity index (χ0v) is 29.9. The highest BCUT2D eigenvalue weighted by atomic mass is 35.5. The van der Waals surface area contributed by atoms with Gasteiger partial charge in [-0.1, -0.05) is 83.9 Å². The first-order valence-corrected chi connectivity index (χ1v) is 17.3. The topological polar surface area (TPSA) is 84.0 Å². The Kier molecular flexibility index (Phi) is 11.7. The average molecular weight is 794 g/mol. The van der Waals surface area contributed by atoms with Gasteiger partial charge < -0.3 is 10.6 Å². The van der Waals surface area contributed by atoms with Crippen molar-refractivity contribution in [3.8, 4) is 22.3 Å². The molecule has 0 aliphatic heterocycles. The second-order valence-electron chi connectivity index (χ2n) is 10.8. The third-order valence-corrected chi connectivity index (χ3v) is 9.52. The molecule has 6 rings (SSSR count). The smallest absolute Gasteiger partial charge is 0.321 e. The van der Waals surface area contributed by atoms with E-state index in [1.165, 1.54) is 13.8 Å². The summed E-state index contributed by atoms with van der Waals surface area (Å²) >= 11 is 13.2. The summed E-state index contributed by atoms with van der Waals surface area (Å²) in [5, 5.41) is 6.60. The molecule has 2 N–H and O–H groups in total. The second-order valence-corrected chi connectivity index (χ2v) is 14.1. The molecule has 0 radical (unpaired) electrons. The number of nitrogens with zero attached hydrogens (tertiary/aromatic N) is 2. The van der Waals surface area contributed by atoms with E-state index in [1.807, 2.05) is 0 Å². The highest BCUT2D eigenvalue weighted by Crippen LogP contribution is 2.37. The molecule has 0 atom stereocenters. The van der Waals surface area contributed by atoms with Gasteiger partial charge in [-0.15, -0.1) is 22.7 Å². The van der Waals surface area contributed by atoms with E-state index >= 15 is 0 Å². The molecule has 0 spiro atoms. The first-order valence-electron chi connectivity index (χ1n) is 14.9. The quantitative estimate of drug-likeness (QED) is 0.165. The lowest BCUT2D eigenvalue weighted by Crippen LogP contribution is -2.17. The van der Waals surface area contributed by atoms with Crippen LogP contribution in [0.1, 0.15) is 40.7 Å². The minimum absolute atomic E-state index is 0.175. The van der Waals surface area contributed by atoms with Gasteiger partial charge in [-0.2, -0.15) is 26.3 Å². The lowest BCUT2D eigenvalue weighted by molar-refractivity contribution is -0.141. The molecule has 0 bridgehead atoms. The van der Waals surface area contributed by atoms with Crippen molar-refractivity contribution in [2.45, 2.75) is 26.2 Å². The number of thiazole rings is 2. The van der Waals surface area contributed by atoms with Crippen LogP contribution in [0.25, 0.3) is 22.3 Å². The van der Waals surface area contributed by atoms with Crippen molar-refractivity contribution < 1.29 is 35.9 Å². The SMILES string of the molecule is Cc1nc(C(F)(F)F)c(C(=O)Nc2ccccc2-c2ccc(Cl)cc2)s1.Cc1nc(C(F)(F)F)c(C(=O)Nc2ccccc2-c2ccc(Cl)cc2)s1. The summed E-state index contributed by atoms with van der Waals surface area (Å²) in [4.78, 5) is 30.9. The van der Waals surface area contributed by atoms with Crippen molar-refractivity contribution in [1.29, 1.82) is 0 Å². The van der Waals surface area contributed by atoms with Gasteiger partial charge in [0.1, 0.15) is 9.75 Å². The number of para-hydroxylation sites is 2. The molecule has 6 aromatic rings. The Morgan fingerprint density at radius 3 is 1.21 bits per heavy atom. The van der Waals surface area contributed by atoms with E-state index in [0.717, 1.165) is 11.1 Å². The number of carbonyl (C=O) groups is 2. The van der Waals surface area contributed by atoms with E-state index < -0.39 is 45.3 Å². The number of alkyl halides is 6. The minimum Gasteiger partial charge on any atom is -0.321 e. The maximum Gasteiger partial charge on any atom is 0.435 e. The Morgan fingerprint density at radius 2 is 0.885 bits per heavy atom. The predicted octanol–water partition coefficient (Wildman–Crippen LogP) is 12.1. The lowest BCUT2D eigenvalue weighted by atomic mass is 10.0. The fourth-order valence-corrected chi connectivity index (χ4v) is 6.77.